The second-order valence-corrected chi connectivity index (χ2v) is 31.3. The lowest BCUT2D eigenvalue weighted by Gasteiger charge is -2.27. The van der Waals surface area contributed by atoms with Crippen LogP contribution in [-0.4, -0.2) is 207 Å². The fraction of sp³-hybridized carbons (Fsp3) is 0.265. The molecule has 0 radical (unpaired) electrons. The van der Waals surface area contributed by atoms with E-state index in [2.05, 4.69) is 60.2 Å². The van der Waals surface area contributed by atoms with Crippen molar-refractivity contribution in [1.82, 2.24) is 74.8 Å². The molecule has 23 rings (SSSR count). The first-order valence-corrected chi connectivity index (χ1v) is 45.3. The molecule has 5 aromatic carbocycles. The molecule has 0 bridgehead atoms. The summed E-state index contributed by atoms with van der Waals surface area (Å²) in [4.78, 5) is 76.3. The van der Waals surface area contributed by atoms with E-state index in [-0.39, 0.29) is 0 Å². The van der Waals surface area contributed by atoms with Gasteiger partial charge in [0, 0.05) is 113 Å². The van der Waals surface area contributed by atoms with E-state index in [1.54, 1.807) is 45.2 Å². The number of hydrogen-bond donors (Lipinski definition) is 2. The zero-order valence-corrected chi connectivity index (χ0v) is 75.5. The third kappa shape index (κ3) is 19.4. The van der Waals surface area contributed by atoms with Gasteiger partial charge in [-0.3, -0.25) is 0 Å². The van der Waals surface area contributed by atoms with Crippen LogP contribution in [-0.2, 0) is 18.9 Å². The van der Waals surface area contributed by atoms with Crippen LogP contribution in [0.1, 0.15) is 47.0 Å². The number of morpholine rings is 2. The molecule has 0 amide bonds. The van der Waals surface area contributed by atoms with Gasteiger partial charge in [0.1, 0.15) is 50.6 Å². The molecule has 18 heterocycles. The maximum atomic E-state index is 6.10. The van der Waals surface area contributed by atoms with Gasteiger partial charge in [0.25, 0.3) is 0 Å². The first-order chi connectivity index (χ1) is 66.7. The molecule has 3 fully saturated rings. The molecule has 20 aromatic rings. The van der Waals surface area contributed by atoms with Crippen LogP contribution in [0.3, 0.4) is 0 Å². The molecule has 135 heavy (non-hydrogen) atoms. The molecule has 33 nitrogen and oxygen atoms in total. The third-order valence-corrected chi connectivity index (χ3v) is 22.7. The summed E-state index contributed by atoms with van der Waals surface area (Å²) in [7, 11) is 3.29. The highest BCUT2D eigenvalue weighted by molar-refractivity contribution is 6.09. The zero-order valence-electron chi connectivity index (χ0n) is 75.5. The second-order valence-electron chi connectivity index (χ2n) is 31.3. The molecule has 0 atom stereocenters. The Labute approximate surface area is 774 Å². The zero-order chi connectivity index (χ0) is 91.8. The number of piperidine rings is 1. The number of furan rings is 5. The van der Waals surface area contributed by atoms with Gasteiger partial charge < -0.3 is 85.3 Å². The van der Waals surface area contributed by atoms with Gasteiger partial charge in [0.2, 0.25) is 28.6 Å². The van der Waals surface area contributed by atoms with Crippen molar-refractivity contribution in [3.63, 3.8) is 0 Å². The lowest BCUT2D eigenvalue weighted by Crippen LogP contribution is -2.37. The Kier molecular flexibility index (Phi) is 27.4. The highest BCUT2D eigenvalue weighted by Crippen LogP contribution is 2.43. The van der Waals surface area contributed by atoms with Gasteiger partial charge in [-0.25, -0.2) is 74.8 Å². The van der Waals surface area contributed by atoms with Crippen molar-refractivity contribution < 1.29 is 60.0 Å². The van der Waals surface area contributed by atoms with E-state index in [1.807, 2.05) is 216 Å². The van der Waals surface area contributed by atoms with E-state index in [0.29, 0.717) is 176 Å². The monoisotopic (exact) mass is 1810 g/mol. The SMILES string of the molecule is CCOCCNc1nc(-c2cccc(OC)c2)nc2c1oc1ncccc12.CCOCCNc1nc(-c2ccccc2)nc2c1oc1ncccc12.CCOc1ccccc1-c1nc(N2CCCCC2)c2oc3ncccc3c2n1.CCOc1ccccc1-c1nc(N2CCOCC2)c2oc3ncccc3c2n1.COc1cccc(-c2nc(N3CCOCC3)c3oc4ncccc4c3n2)c1. The van der Waals surface area contributed by atoms with Gasteiger partial charge in [-0.05, 0) is 156 Å². The number of fused-ring (bicyclic) bond motifs is 15. The summed E-state index contributed by atoms with van der Waals surface area (Å²) in [6.07, 6.45) is 12.2. The van der Waals surface area contributed by atoms with Crippen LogP contribution < -0.4 is 44.3 Å². The number of aromatic nitrogens is 15. The van der Waals surface area contributed by atoms with Crippen LogP contribution in [0.2, 0.25) is 0 Å². The van der Waals surface area contributed by atoms with E-state index in [9.17, 15) is 0 Å². The quantitative estimate of drug-likeness (QED) is 0.0531. The number of nitrogens with one attached hydrogen (secondary N) is 2. The first kappa shape index (κ1) is 88.6. The van der Waals surface area contributed by atoms with Crippen LogP contribution in [0.4, 0.5) is 29.1 Å². The van der Waals surface area contributed by atoms with Crippen molar-refractivity contribution in [2.75, 3.05) is 158 Å². The van der Waals surface area contributed by atoms with Crippen molar-refractivity contribution >= 4 is 140 Å². The molecule has 33 heteroatoms. The van der Waals surface area contributed by atoms with Crippen molar-refractivity contribution in [2.45, 2.75) is 47.0 Å². The molecule has 684 valence electrons. The van der Waals surface area contributed by atoms with Crippen molar-refractivity contribution in [3.8, 4) is 79.9 Å². The van der Waals surface area contributed by atoms with Gasteiger partial charge in [0.05, 0.1) is 105 Å². The van der Waals surface area contributed by atoms with Gasteiger partial charge in [-0.15, -0.1) is 0 Å². The lowest BCUT2D eigenvalue weighted by molar-refractivity contribution is 0.122. The van der Waals surface area contributed by atoms with E-state index < -0.39 is 0 Å². The van der Waals surface area contributed by atoms with Gasteiger partial charge in [-0.1, -0.05) is 78.9 Å². The smallest absolute Gasteiger partial charge is 0.229 e. The highest BCUT2D eigenvalue weighted by Gasteiger charge is 2.29. The average molecular weight is 1810 g/mol. The number of hydrogen-bond acceptors (Lipinski definition) is 33. The summed E-state index contributed by atoms with van der Waals surface area (Å²) >= 11 is 0. The number of para-hydroxylation sites is 2. The summed E-state index contributed by atoms with van der Waals surface area (Å²) in [5.41, 5.74) is 14.4. The molecule has 0 unspecified atom stereocenters. The van der Waals surface area contributed by atoms with Crippen molar-refractivity contribution in [2.24, 2.45) is 0 Å². The topological polar surface area (TPSA) is 367 Å². The number of nitrogens with zero attached hydrogens (tertiary/aromatic N) is 18. The highest BCUT2D eigenvalue weighted by atomic mass is 16.5. The number of ether oxygens (including phenoxy) is 8. The summed E-state index contributed by atoms with van der Waals surface area (Å²) in [6, 6.07) is 60.4. The van der Waals surface area contributed by atoms with Crippen LogP contribution in [0.5, 0.6) is 23.0 Å². The Hall–Kier alpha value is -15.7. The largest absolute Gasteiger partial charge is 0.497 e. The molecule has 3 aliphatic rings. The molecule has 15 aromatic heterocycles. The first-order valence-electron chi connectivity index (χ1n) is 45.3. The van der Waals surface area contributed by atoms with Gasteiger partial charge in [-0.2, -0.15) is 0 Å². The van der Waals surface area contributed by atoms with Crippen LogP contribution in [0.25, 0.3) is 168 Å². The maximum Gasteiger partial charge on any atom is 0.229 e. The summed E-state index contributed by atoms with van der Waals surface area (Å²) in [6.45, 7) is 20.5. The van der Waals surface area contributed by atoms with Crippen molar-refractivity contribution in [1.29, 1.82) is 0 Å². The van der Waals surface area contributed by atoms with E-state index >= 15 is 0 Å². The third-order valence-electron chi connectivity index (χ3n) is 22.7. The average Bonchev–Trinajstić information content (AvgIpc) is 1.64. The Morgan fingerprint density at radius 3 is 1.03 bits per heavy atom. The van der Waals surface area contributed by atoms with Crippen LogP contribution in [0.15, 0.2) is 241 Å². The molecule has 0 aliphatic carbocycles. The molecular formula is C102H98N20O13. The summed E-state index contributed by atoms with van der Waals surface area (Å²) in [5.74, 6) is 9.90. The summed E-state index contributed by atoms with van der Waals surface area (Å²) in [5, 5.41) is 11.0. The summed E-state index contributed by atoms with van der Waals surface area (Å²) < 4.78 is 74.1. The standard InChI is InChI=1S/C22H22N4O2.C21H20N4O3.C20H18N4O3.C20H20N4O3.C19H18N4O2/c1-2-27-17-11-5-4-9-15(17)20-24-18-16-10-8-12-23-22(16)28-19(18)21(25-20)26-13-6-3-7-14-26;1-2-27-16-8-4-3-6-14(16)19-23-17-15-7-5-9-22-21(15)28-18(17)20(24-19)25-10-12-26-13-11-25;1-25-14-5-2-4-13(12-14)18-22-16-15-6-3-7-21-20(15)27-17(16)19(23-18)24-8-10-26-11-9-24;1-3-26-11-10-21-19-17-16(15-8-5-9-22-20(15)27-17)23-18(24-19)13-6-4-7-14(12-13)25-2;1-2-24-12-11-20-18-16-15(14-9-6-10-21-19(14)25-16)22-17(23-18)13-7-4-3-5-8-13/h4-5,8-12H,2-3,6-7,13-14H2,1H3;3-9H,2,10-13H2,1H3;2-7,12H,8-11H2,1H3;4-9,12H,3,10-11H2,1-2H3,(H,21,23,24);3-10H,2,11-12H2,1H3,(H,20,22,23). The van der Waals surface area contributed by atoms with Gasteiger partial charge >= 0.3 is 0 Å². The number of pyridine rings is 5. The molecule has 3 aliphatic heterocycles. The molecule has 3 saturated heterocycles. The fourth-order valence-corrected chi connectivity index (χ4v) is 16.3. The number of anilines is 5. The lowest BCUT2D eigenvalue weighted by atomic mass is 10.1. The minimum absolute atomic E-state index is 0.539. The van der Waals surface area contributed by atoms with E-state index in [1.165, 1.54) is 6.42 Å². The maximum absolute atomic E-state index is 6.10. The van der Waals surface area contributed by atoms with Crippen LogP contribution >= 0.6 is 0 Å². The minimum Gasteiger partial charge on any atom is -0.497 e. The Morgan fingerprint density at radius 1 is 0.311 bits per heavy atom. The molecule has 2 N–H and O–H groups in total. The minimum atomic E-state index is 0.539. The van der Waals surface area contributed by atoms with Gasteiger partial charge in [0.15, 0.2) is 86.1 Å². The number of methoxy groups -OCH3 is 2. The predicted molar refractivity (Wildman–Crippen MR) is 520 cm³/mol. The Balaban J connectivity index is 0.000000108. The predicted octanol–water partition coefficient (Wildman–Crippen LogP) is 19.6. The Bertz CT molecular complexity index is 7320. The van der Waals surface area contributed by atoms with E-state index in [0.717, 1.165) is 175 Å². The molecule has 0 saturated carbocycles. The van der Waals surface area contributed by atoms with E-state index in [4.69, 9.17) is 99.9 Å². The van der Waals surface area contributed by atoms with Crippen molar-refractivity contribution in [3.05, 3.63) is 219 Å². The fourth-order valence-electron chi connectivity index (χ4n) is 16.3. The van der Waals surface area contributed by atoms with Crippen LogP contribution in [0, 0.1) is 0 Å². The second kappa shape index (κ2) is 41.8. The Morgan fingerprint density at radius 2 is 0.644 bits per heavy atom. The number of rotatable bonds is 24. The molecule has 0 spiro atoms. The normalized spacial score (nSPS) is 13.4. The number of benzene rings is 5. The molecular weight excluding hydrogens is 1710 g/mol.